The number of hydrogen-bond donors (Lipinski definition) is 2. The first-order valence-electron chi connectivity index (χ1n) is 10.6. The van der Waals surface area contributed by atoms with E-state index in [1.165, 1.54) is 19.0 Å². The Morgan fingerprint density at radius 3 is 2.65 bits per heavy atom. The summed E-state index contributed by atoms with van der Waals surface area (Å²) in [5.41, 5.74) is 1.72. The second-order valence-corrected chi connectivity index (χ2v) is 9.08. The summed E-state index contributed by atoms with van der Waals surface area (Å²) in [6, 6.07) is 11.3. The van der Waals surface area contributed by atoms with E-state index in [2.05, 4.69) is 15.5 Å². The highest BCUT2D eigenvalue weighted by Crippen LogP contribution is 2.32. The molecule has 0 unspecified atom stereocenters. The number of amides is 1. The number of carbonyl (C=O) groups excluding carboxylic acids is 1. The lowest BCUT2D eigenvalue weighted by molar-refractivity contribution is -0.120. The smallest absolute Gasteiger partial charge is 0.250 e. The van der Waals surface area contributed by atoms with Crippen LogP contribution in [-0.2, 0) is 27.8 Å². The van der Waals surface area contributed by atoms with E-state index >= 15 is 0 Å². The molecule has 0 aliphatic heterocycles. The molecule has 31 heavy (non-hydrogen) atoms. The fraction of sp³-hybridized carbons (Fsp3) is 0.409. The van der Waals surface area contributed by atoms with Crippen LogP contribution >= 0.6 is 0 Å². The SMILES string of the molecule is O=C(Nc1ccn(Cc2ccccc2)n1)[C@H](CC1CCCC1)n1cc(C[SH](=O)=O)cn1. The molecular weight excluding hydrogens is 414 g/mol. The number of thiol groups is 1. The first kappa shape index (κ1) is 21.3. The number of hydrogen-bond acceptors (Lipinski definition) is 5. The average Bonchev–Trinajstić information content (AvgIpc) is 3.49. The highest BCUT2D eigenvalue weighted by molar-refractivity contribution is 7.71. The standard InChI is InChI=1S/C22H27N5O3S/c28-22(24-21-10-11-26(25-21)14-18-8-2-1-3-9-18)20(12-17-6-4-5-7-17)27-15-19(13-23-27)16-31(29)30/h1-3,8-11,13,15,17,20,31H,4-7,12,14,16H2,(H,24,25,28)/t20-/m0/s1. The molecule has 1 fully saturated rings. The Bertz CT molecular complexity index is 1080. The van der Waals surface area contributed by atoms with Gasteiger partial charge in [-0.15, -0.1) is 0 Å². The molecule has 1 aliphatic carbocycles. The van der Waals surface area contributed by atoms with Crippen LogP contribution in [0.1, 0.15) is 49.3 Å². The maximum atomic E-state index is 13.2. The maximum Gasteiger partial charge on any atom is 0.250 e. The normalized spacial score (nSPS) is 15.4. The molecule has 4 rings (SSSR count). The number of nitrogens with zero attached hydrogens (tertiary/aromatic N) is 4. The average molecular weight is 442 g/mol. The highest BCUT2D eigenvalue weighted by Gasteiger charge is 2.28. The van der Waals surface area contributed by atoms with Gasteiger partial charge >= 0.3 is 0 Å². The van der Waals surface area contributed by atoms with Crippen LogP contribution in [0.25, 0.3) is 0 Å². The lowest BCUT2D eigenvalue weighted by Gasteiger charge is -2.20. The van der Waals surface area contributed by atoms with Crippen molar-refractivity contribution in [2.45, 2.75) is 50.4 Å². The molecule has 1 aromatic carbocycles. The molecule has 8 nitrogen and oxygen atoms in total. The Labute approximate surface area is 183 Å². The molecule has 1 aliphatic rings. The van der Waals surface area contributed by atoms with E-state index in [1.807, 2.05) is 36.5 Å². The zero-order valence-corrected chi connectivity index (χ0v) is 18.2. The van der Waals surface area contributed by atoms with Crippen molar-refractivity contribution in [2.75, 3.05) is 5.32 Å². The van der Waals surface area contributed by atoms with Gasteiger partial charge in [-0.3, -0.25) is 14.2 Å². The molecule has 1 amide bonds. The van der Waals surface area contributed by atoms with E-state index < -0.39 is 16.7 Å². The first-order chi connectivity index (χ1) is 15.1. The third kappa shape index (κ3) is 5.81. The van der Waals surface area contributed by atoms with Crippen molar-refractivity contribution in [2.24, 2.45) is 5.92 Å². The van der Waals surface area contributed by atoms with Gasteiger partial charge in [0.2, 0.25) is 5.91 Å². The van der Waals surface area contributed by atoms with E-state index in [4.69, 9.17) is 0 Å². The minimum absolute atomic E-state index is 0.0724. The largest absolute Gasteiger partial charge is 0.307 e. The zero-order valence-electron chi connectivity index (χ0n) is 17.3. The van der Waals surface area contributed by atoms with Gasteiger partial charge in [0.1, 0.15) is 16.7 Å². The minimum Gasteiger partial charge on any atom is -0.307 e. The van der Waals surface area contributed by atoms with Crippen molar-refractivity contribution in [3.05, 3.63) is 66.1 Å². The van der Waals surface area contributed by atoms with Crippen LogP contribution in [0, 0.1) is 5.92 Å². The molecule has 3 aromatic rings. The van der Waals surface area contributed by atoms with Crippen LogP contribution in [0.2, 0.25) is 0 Å². The van der Waals surface area contributed by atoms with Crippen LogP contribution in [0.3, 0.4) is 0 Å². The predicted molar refractivity (Wildman–Crippen MR) is 118 cm³/mol. The highest BCUT2D eigenvalue weighted by atomic mass is 32.2. The molecule has 2 heterocycles. The van der Waals surface area contributed by atoms with E-state index in [9.17, 15) is 13.2 Å². The summed E-state index contributed by atoms with van der Waals surface area (Å²) >= 11 is 0. The van der Waals surface area contributed by atoms with E-state index in [0.717, 1.165) is 18.4 Å². The summed E-state index contributed by atoms with van der Waals surface area (Å²) < 4.78 is 25.5. The first-order valence-corrected chi connectivity index (χ1v) is 12.0. The van der Waals surface area contributed by atoms with Crippen LogP contribution in [-0.4, -0.2) is 33.9 Å². The number of rotatable bonds is 9. The molecule has 0 spiro atoms. The number of aromatic nitrogens is 4. The molecule has 0 radical (unpaired) electrons. The summed E-state index contributed by atoms with van der Waals surface area (Å²) in [5.74, 6) is 0.706. The van der Waals surface area contributed by atoms with E-state index in [1.54, 1.807) is 21.6 Å². The second-order valence-electron chi connectivity index (χ2n) is 8.09. The molecule has 1 N–H and O–H groups in total. The Balaban J connectivity index is 1.47. The van der Waals surface area contributed by atoms with Crippen molar-refractivity contribution in [3.8, 4) is 0 Å². The summed E-state index contributed by atoms with van der Waals surface area (Å²) in [6.07, 6.45) is 10.3. The fourth-order valence-electron chi connectivity index (χ4n) is 4.17. The van der Waals surface area contributed by atoms with Crippen LogP contribution in [0.15, 0.2) is 55.0 Å². The fourth-order valence-corrected chi connectivity index (χ4v) is 4.63. The van der Waals surface area contributed by atoms with E-state index in [-0.39, 0.29) is 11.7 Å². The molecule has 9 heteroatoms. The van der Waals surface area contributed by atoms with Crippen LogP contribution < -0.4 is 5.32 Å². The zero-order chi connectivity index (χ0) is 21.6. The Morgan fingerprint density at radius 2 is 1.90 bits per heavy atom. The monoisotopic (exact) mass is 441 g/mol. The Kier molecular flexibility index (Phi) is 6.81. The van der Waals surface area contributed by atoms with Gasteiger partial charge < -0.3 is 5.32 Å². The van der Waals surface area contributed by atoms with Crippen molar-refractivity contribution in [1.29, 1.82) is 0 Å². The van der Waals surface area contributed by atoms with Crippen LogP contribution in [0.5, 0.6) is 0 Å². The molecule has 0 bridgehead atoms. The second kappa shape index (κ2) is 9.91. The number of nitrogens with one attached hydrogen (secondary N) is 1. The molecule has 164 valence electrons. The lowest BCUT2D eigenvalue weighted by Crippen LogP contribution is -2.28. The third-order valence-corrected chi connectivity index (χ3v) is 6.32. The van der Waals surface area contributed by atoms with Gasteiger partial charge in [0, 0.05) is 24.0 Å². The molecule has 1 saturated carbocycles. The summed E-state index contributed by atoms with van der Waals surface area (Å²) in [5, 5.41) is 11.7. The summed E-state index contributed by atoms with van der Waals surface area (Å²) in [7, 11) is -2.54. The van der Waals surface area contributed by atoms with Crippen molar-refractivity contribution >= 4 is 22.4 Å². The van der Waals surface area contributed by atoms with Crippen molar-refractivity contribution < 1.29 is 13.2 Å². The van der Waals surface area contributed by atoms with Gasteiger partial charge in [0.25, 0.3) is 0 Å². The molecule has 2 aromatic heterocycles. The Hall–Kier alpha value is -2.94. The number of carbonyl (C=O) groups is 1. The molecule has 0 saturated heterocycles. The topological polar surface area (TPSA) is 98.9 Å². The number of anilines is 1. The molecule has 1 atom stereocenters. The quantitative estimate of drug-likeness (QED) is 0.498. The molecular formula is C22H27N5O3S. The van der Waals surface area contributed by atoms with E-state index in [0.29, 0.717) is 30.3 Å². The van der Waals surface area contributed by atoms with Gasteiger partial charge in [-0.1, -0.05) is 56.0 Å². The van der Waals surface area contributed by atoms with Crippen LogP contribution in [0.4, 0.5) is 5.82 Å². The maximum absolute atomic E-state index is 13.2. The minimum atomic E-state index is -2.54. The third-order valence-electron chi connectivity index (χ3n) is 5.70. The lowest BCUT2D eigenvalue weighted by atomic mass is 9.98. The summed E-state index contributed by atoms with van der Waals surface area (Å²) in [6.45, 7) is 0.623. The Morgan fingerprint density at radius 1 is 1.13 bits per heavy atom. The van der Waals surface area contributed by atoms with Gasteiger partial charge in [0.15, 0.2) is 5.82 Å². The van der Waals surface area contributed by atoms with Gasteiger partial charge in [0.05, 0.1) is 18.5 Å². The van der Waals surface area contributed by atoms with Gasteiger partial charge in [-0.25, -0.2) is 8.42 Å². The van der Waals surface area contributed by atoms with Gasteiger partial charge in [-0.05, 0) is 17.9 Å². The van der Waals surface area contributed by atoms with Gasteiger partial charge in [-0.2, -0.15) is 10.2 Å². The van der Waals surface area contributed by atoms with Crippen molar-refractivity contribution in [3.63, 3.8) is 0 Å². The predicted octanol–water partition coefficient (Wildman–Crippen LogP) is 3.00. The summed E-state index contributed by atoms with van der Waals surface area (Å²) in [4.78, 5) is 13.2. The van der Waals surface area contributed by atoms with Crippen molar-refractivity contribution in [1.82, 2.24) is 19.6 Å². The number of benzene rings is 1.